The molecule has 2 aliphatic rings. The van der Waals surface area contributed by atoms with Gasteiger partial charge in [-0.1, -0.05) is 15.9 Å². The number of alkyl halides is 1. The number of methoxy groups -OCH3 is 2. The Morgan fingerprint density at radius 3 is 1.41 bits per heavy atom. The summed E-state index contributed by atoms with van der Waals surface area (Å²) in [6.45, 7) is 4.14. The maximum atomic E-state index is 11.3. The van der Waals surface area contributed by atoms with Gasteiger partial charge in [0.25, 0.3) is 34.6 Å². The highest BCUT2D eigenvalue weighted by molar-refractivity contribution is 9.08. The maximum Gasteiger partial charge on any atom is 0.338 e. The number of rotatable bonds is 8. The number of aromatic carboxylic acids is 1. The second kappa shape index (κ2) is 23.7. The van der Waals surface area contributed by atoms with E-state index in [9.17, 15) is 64.4 Å². The number of anilines is 1. The lowest BCUT2D eigenvalue weighted by molar-refractivity contribution is -0.385. The third kappa shape index (κ3) is 13.9. The summed E-state index contributed by atoms with van der Waals surface area (Å²) in [5, 5.41) is 55.9. The number of non-ortho nitro benzene ring substituents is 4. The number of carbonyl (C=O) groups is 5. The zero-order chi connectivity index (χ0) is 49.4. The Balaban J connectivity index is 0.000000219. The summed E-state index contributed by atoms with van der Waals surface area (Å²) in [6.07, 6.45) is 0. The van der Waals surface area contributed by atoms with E-state index in [1.165, 1.54) is 93.9 Å². The third-order valence-electron chi connectivity index (χ3n) is 9.12. The number of nitrogens with two attached hydrogens (primary N) is 1. The third-order valence-corrected chi connectivity index (χ3v) is 9.73. The van der Waals surface area contributed by atoms with Crippen molar-refractivity contribution in [3.63, 3.8) is 0 Å². The minimum atomic E-state index is -1.08. The zero-order valence-electron chi connectivity index (χ0n) is 35.1. The number of fused-ring (bicyclic) bond motifs is 2. The Kier molecular flexibility index (Phi) is 18.5. The van der Waals surface area contributed by atoms with Crippen molar-refractivity contribution in [1.29, 1.82) is 0 Å². The number of nitrogens with one attached hydrogen (secondary N) is 2. The van der Waals surface area contributed by atoms with Crippen molar-refractivity contribution < 1.29 is 58.2 Å². The van der Waals surface area contributed by atoms with E-state index in [2.05, 4.69) is 36.0 Å². The molecule has 0 atom stereocenters. The number of hydrogen-bond acceptors (Lipinski definition) is 16. The number of nitrogens with zero attached hydrogens (tertiary/aromatic N) is 4. The minimum absolute atomic E-state index is 0.000000000000000222. The standard InChI is InChI=1S/C9H8BrNO4.C9H9NO4.C8H6N2O3.C8H8N2O.C8H7NO4/c1-15-9(12)8-3-2-7(11(13)14)4-6(8)5-10;1-6-5-7(10(12)13)3-4-8(6)9(11)14-2;11-8-7-2-1-6(10(12)13)3-5(7)4-9-8;9-6-1-2-7-5(3-6)4-10-8(7)11;1-5-4-6(9(12)13)2-3-7(5)8(10)11/h2-4H,5H2,1H3;3-5H,1-2H3;1-3H,4H2,(H,9,11);1-3H,4,9H2,(H,10,11);2-4H,1H3,(H,10,11). The van der Waals surface area contributed by atoms with Crippen molar-refractivity contribution in [3.8, 4) is 0 Å². The second-order valence-corrected chi connectivity index (χ2v) is 14.0. The molecule has 5 aromatic carbocycles. The van der Waals surface area contributed by atoms with Crippen LogP contribution in [0.4, 0.5) is 28.4 Å². The number of aryl methyl sites for hydroxylation is 2. The van der Waals surface area contributed by atoms with Crippen LogP contribution in [-0.4, -0.2) is 68.7 Å². The highest BCUT2D eigenvalue weighted by Crippen LogP contribution is 2.23. The average molecular weight is 977 g/mol. The average Bonchev–Trinajstić information content (AvgIpc) is 3.86. The van der Waals surface area contributed by atoms with Gasteiger partial charge in [0.2, 0.25) is 0 Å². The quantitative estimate of drug-likeness (QED) is 0.0403. The molecular formula is C42H38BrN7O16. The number of halogens is 1. The molecule has 0 unspecified atom stereocenters. The van der Waals surface area contributed by atoms with Crippen LogP contribution in [0.25, 0.3) is 0 Å². The van der Waals surface area contributed by atoms with Crippen molar-refractivity contribution in [2.45, 2.75) is 32.3 Å². The fourth-order valence-corrected chi connectivity index (χ4v) is 6.26. The van der Waals surface area contributed by atoms with E-state index < -0.39 is 37.6 Å². The number of benzene rings is 5. The van der Waals surface area contributed by atoms with Crippen molar-refractivity contribution in [2.75, 3.05) is 20.0 Å². The summed E-state index contributed by atoms with van der Waals surface area (Å²) in [4.78, 5) is 94.5. The van der Waals surface area contributed by atoms with E-state index in [1.54, 1.807) is 19.1 Å². The fraction of sp³-hybridized carbons (Fsp3) is 0.167. The predicted molar refractivity (Wildman–Crippen MR) is 237 cm³/mol. The number of carboxylic acid groups (broad SMARTS) is 1. The summed E-state index contributed by atoms with van der Waals surface area (Å²) in [5.74, 6) is -2.23. The molecule has 24 heteroatoms. The van der Waals surface area contributed by atoms with Crippen LogP contribution in [0.3, 0.4) is 0 Å². The molecule has 0 aromatic heterocycles. The Morgan fingerprint density at radius 1 is 0.606 bits per heavy atom. The summed E-state index contributed by atoms with van der Waals surface area (Å²) in [7, 11) is 2.53. The summed E-state index contributed by atoms with van der Waals surface area (Å²) >= 11 is 3.16. The van der Waals surface area contributed by atoms with E-state index in [4.69, 9.17) is 10.8 Å². The van der Waals surface area contributed by atoms with Crippen molar-refractivity contribution in [3.05, 3.63) is 187 Å². The molecule has 5 N–H and O–H groups in total. The minimum Gasteiger partial charge on any atom is -0.478 e. The lowest BCUT2D eigenvalue weighted by Gasteiger charge is -2.04. The van der Waals surface area contributed by atoms with Gasteiger partial charge in [-0.2, -0.15) is 0 Å². The SMILES string of the molecule is COC(=O)c1ccc([N+](=O)[O-])cc1C.COC(=O)c1ccc([N+](=O)[O-])cc1CBr.Cc1cc([N+](=O)[O-])ccc1C(=O)O.Nc1ccc2c(c1)CNC2=O.O=C1NCc2cc([N+](=O)[O-])ccc21. The molecule has 2 aliphatic heterocycles. The number of nitro groups is 4. The Bertz CT molecular complexity index is 2740. The van der Waals surface area contributed by atoms with Gasteiger partial charge in [-0.3, -0.25) is 50.0 Å². The molecule has 66 heavy (non-hydrogen) atoms. The van der Waals surface area contributed by atoms with Gasteiger partial charge >= 0.3 is 17.9 Å². The molecule has 23 nitrogen and oxygen atoms in total. The van der Waals surface area contributed by atoms with E-state index in [0.29, 0.717) is 63.1 Å². The monoisotopic (exact) mass is 975 g/mol. The van der Waals surface area contributed by atoms with Gasteiger partial charge in [0, 0.05) is 83.8 Å². The number of nitro benzene ring substituents is 4. The molecule has 0 aliphatic carbocycles. The van der Waals surface area contributed by atoms with Gasteiger partial charge in [-0.05, 0) is 84.1 Å². The largest absolute Gasteiger partial charge is 0.478 e. The van der Waals surface area contributed by atoms with Gasteiger partial charge in [0.1, 0.15) is 0 Å². The number of nitrogen functional groups attached to an aromatic ring is 1. The zero-order valence-corrected chi connectivity index (χ0v) is 36.7. The first-order chi connectivity index (χ1) is 31.1. The predicted octanol–water partition coefficient (Wildman–Crippen LogP) is 6.92. The van der Waals surface area contributed by atoms with Gasteiger partial charge in [0.15, 0.2) is 0 Å². The number of esters is 2. The van der Waals surface area contributed by atoms with Gasteiger partial charge in [0.05, 0.1) is 50.6 Å². The number of ether oxygens (including phenoxy) is 2. The lowest BCUT2D eigenvalue weighted by Crippen LogP contribution is -2.12. The Morgan fingerprint density at radius 2 is 0.985 bits per heavy atom. The topological polar surface area (TPSA) is 347 Å². The van der Waals surface area contributed by atoms with Crippen molar-refractivity contribution in [1.82, 2.24) is 10.6 Å². The van der Waals surface area contributed by atoms with Crippen LogP contribution >= 0.6 is 15.9 Å². The van der Waals surface area contributed by atoms with Crippen LogP contribution in [0.1, 0.15) is 79.6 Å². The molecule has 0 saturated carbocycles. The Hall–Kier alpha value is -8.67. The van der Waals surface area contributed by atoms with Crippen LogP contribution in [0, 0.1) is 54.3 Å². The molecule has 2 heterocycles. The van der Waals surface area contributed by atoms with E-state index in [0.717, 1.165) is 11.1 Å². The second-order valence-electron chi connectivity index (χ2n) is 13.4. The van der Waals surface area contributed by atoms with Gasteiger partial charge in [-0.25, -0.2) is 14.4 Å². The molecule has 2 amide bonds. The summed E-state index contributed by atoms with van der Waals surface area (Å²) in [6, 6.07) is 21.2. The lowest BCUT2D eigenvalue weighted by atomic mass is 10.1. The summed E-state index contributed by atoms with van der Waals surface area (Å²) < 4.78 is 9.06. The molecule has 0 saturated heterocycles. The van der Waals surface area contributed by atoms with Crippen molar-refractivity contribution in [2.24, 2.45) is 0 Å². The molecule has 344 valence electrons. The van der Waals surface area contributed by atoms with Crippen LogP contribution < -0.4 is 16.4 Å². The summed E-state index contributed by atoms with van der Waals surface area (Å²) in [5.41, 5.74) is 11.3. The van der Waals surface area contributed by atoms with Crippen LogP contribution in [0.2, 0.25) is 0 Å². The highest BCUT2D eigenvalue weighted by Gasteiger charge is 2.22. The molecular weight excluding hydrogens is 938 g/mol. The maximum absolute atomic E-state index is 11.3. The first kappa shape index (κ1) is 51.7. The first-order valence-electron chi connectivity index (χ1n) is 18.6. The van der Waals surface area contributed by atoms with E-state index in [-0.39, 0.29) is 40.1 Å². The molecule has 0 fully saturated rings. The Labute approximate surface area is 381 Å². The smallest absolute Gasteiger partial charge is 0.338 e. The van der Waals surface area contributed by atoms with E-state index >= 15 is 0 Å². The normalized spacial score (nSPS) is 11.2. The number of hydrogen-bond donors (Lipinski definition) is 4. The molecule has 0 radical (unpaired) electrons. The number of carboxylic acids is 1. The molecule has 0 spiro atoms. The van der Waals surface area contributed by atoms with Crippen LogP contribution in [0.15, 0.2) is 91.0 Å². The van der Waals surface area contributed by atoms with Crippen LogP contribution in [-0.2, 0) is 27.9 Å². The van der Waals surface area contributed by atoms with Crippen molar-refractivity contribution >= 4 is 74.1 Å². The first-order valence-corrected chi connectivity index (χ1v) is 19.7. The highest BCUT2D eigenvalue weighted by atomic mass is 79.9. The number of carbonyl (C=O) groups excluding carboxylic acids is 4. The molecule has 7 rings (SSSR count). The van der Waals surface area contributed by atoms with Gasteiger partial charge in [-0.15, -0.1) is 0 Å². The molecule has 5 aromatic rings. The van der Waals surface area contributed by atoms with E-state index in [1.807, 2.05) is 6.07 Å². The fourth-order valence-electron chi connectivity index (χ4n) is 5.80. The number of amides is 2. The van der Waals surface area contributed by atoms with Crippen LogP contribution in [0.5, 0.6) is 0 Å². The molecule has 0 bridgehead atoms. The van der Waals surface area contributed by atoms with Gasteiger partial charge < -0.3 is 30.9 Å².